The molecule has 0 unspecified atom stereocenters. The zero-order chi connectivity index (χ0) is 14.1. The Morgan fingerprint density at radius 2 is 2.25 bits per heavy atom. The lowest BCUT2D eigenvalue weighted by Gasteiger charge is -2.25. The molecule has 0 atom stereocenters. The first-order valence-electron chi connectivity index (χ1n) is 6.85. The number of pyridine rings is 1. The Morgan fingerprint density at radius 3 is 2.85 bits per heavy atom. The van der Waals surface area contributed by atoms with Crippen molar-refractivity contribution in [3.8, 4) is 6.07 Å². The highest BCUT2D eigenvalue weighted by atomic mass is 32.1. The zero-order valence-corrected chi connectivity index (χ0v) is 12.6. The van der Waals surface area contributed by atoms with Crippen molar-refractivity contribution >= 4 is 17.2 Å². The van der Waals surface area contributed by atoms with Gasteiger partial charge in [-0.1, -0.05) is 0 Å². The van der Waals surface area contributed by atoms with Crippen LogP contribution in [0.5, 0.6) is 0 Å². The number of aryl methyl sites for hydroxylation is 2. The monoisotopic (exact) mass is 283 g/mol. The summed E-state index contributed by atoms with van der Waals surface area (Å²) in [4.78, 5) is 6.96. The van der Waals surface area contributed by atoms with Gasteiger partial charge >= 0.3 is 0 Å². The van der Waals surface area contributed by atoms with Crippen LogP contribution in [-0.2, 0) is 6.54 Å². The summed E-state index contributed by atoms with van der Waals surface area (Å²) >= 11 is 1.71. The summed E-state index contributed by atoms with van der Waals surface area (Å²) in [6.07, 6.45) is 2.40. The zero-order valence-electron chi connectivity index (χ0n) is 11.8. The molecule has 0 saturated heterocycles. The van der Waals surface area contributed by atoms with Crippen LogP contribution >= 0.6 is 11.3 Å². The fourth-order valence-electron chi connectivity index (χ4n) is 2.51. The summed E-state index contributed by atoms with van der Waals surface area (Å²) in [6.45, 7) is 4.83. The first kappa shape index (κ1) is 13.1. The summed E-state index contributed by atoms with van der Waals surface area (Å²) in [5, 5.41) is 13.7. The fourth-order valence-corrected chi connectivity index (χ4v) is 3.17. The topological polar surface area (TPSA) is 39.9 Å². The molecular formula is C16H17N3S. The highest BCUT2D eigenvalue weighted by Gasteiger charge is 2.32. The quantitative estimate of drug-likeness (QED) is 0.857. The molecule has 20 heavy (non-hydrogen) atoms. The standard InChI is InChI=1S/C16H17N3S/c1-11-7-12(2)18-16(15(11)8-17)19(14-3-4-14)9-13-5-6-20-10-13/h5-7,10,14H,3-4,9H2,1-2H3. The molecule has 0 N–H and O–H groups in total. The van der Waals surface area contributed by atoms with E-state index in [0.29, 0.717) is 6.04 Å². The van der Waals surface area contributed by atoms with Crippen molar-refractivity contribution in [1.82, 2.24) is 4.98 Å². The second-order valence-corrected chi connectivity index (χ2v) is 6.16. The molecular weight excluding hydrogens is 266 g/mol. The van der Waals surface area contributed by atoms with E-state index in [1.165, 1.54) is 18.4 Å². The molecule has 102 valence electrons. The highest BCUT2D eigenvalue weighted by molar-refractivity contribution is 7.07. The van der Waals surface area contributed by atoms with Gasteiger partial charge in [0.05, 0.1) is 5.56 Å². The maximum absolute atomic E-state index is 9.45. The summed E-state index contributed by atoms with van der Waals surface area (Å²) in [6, 6.07) is 7.00. The van der Waals surface area contributed by atoms with E-state index in [-0.39, 0.29) is 0 Å². The minimum atomic E-state index is 0.538. The van der Waals surface area contributed by atoms with Crippen molar-refractivity contribution in [1.29, 1.82) is 5.26 Å². The SMILES string of the molecule is Cc1cc(C)c(C#N)c(N(Cc2ccsc2)C2CC2)n1. The van der Waals surface area contributed by atoms with Crippen LogP contribution < -0.4 is 4.90 Å². The van der Waals surface area contributed by atoms with Crippen LogP contribution in [0.3, 0.4) is 0 Å². The molecule has 0 amide bonds. The molecule has 0 aromatic carbocycles. The second kappa shape index (κ2) is 5.26. The number of rotatable bonds is 4. The van der Waals surface area contributed by atoms with Crippen molar-refractivity contribution in [2.24, 2.45) is 0 Å². The van der Waals surface area contributed by atoms with Crippen molar-refractivity contribution in [3.63, 3.8) is 0 Å². The predicted molar refractivity (Wildman–Crippen MR) is 82.0 cm³/mol. The first-order chi connectivity index (χ1) is 9.69. The molecule has 1 aliphatic rings. The molecule has 0 spiro atoms. The Morgan fingerprint density at radius 1 is 1.45 bits per heavy atom. The van der Waals surface area contributed by atoms with E-state index >= 15 is 0 Å². The van der Waals surface area contributed by atoms with Gasteiger partial charge in [-0.05, 0) is 60.7 Å². The highest BCUT2D eigenvalue weighted by Crippen LogP contribution is 2.35. The van der Waals surface area contributed by atoms with E-state index < -0.39 is 0 Å². The second-order valence-electron chi connectivity index (χ2n) is 5.38. The fraction of sp³-hybridized carbons (Fsp3) is 0.375. The summed E-state index contributed by atoms with van der Waals surface area (Å²) in [7, 11) is 0. The van der Waals surface area contributed by atoms with Crippen LogP contribution in [0.4, 0.5) is 5.82 Å². The van der Waals surface area contributed by atoms with Gasteiger partial charge in [-0.2, -0.15) is 16.6 Å². The molecule has 4 heteroatoms. The van der Waals surface area contributed by atoms with Gasteiger partial charge in [-0.25, -0.2) is 4.98 Å². The molecule has 0 radical (unpaired) electrons. The van der Waals surface area contributed by atoms with E-state index in [9.17, 15) is 5.26 Å². The molecule has 2 aromatic rings. The Balaban J connectivity index is 2.01. The molecule has 3 rings (SSSR count). The van der Waals surface area contributed by atoms with Gasteiger partial charge in [-0.3, -0.25) is 0 Å². The van der Waals surface area contributed by atoms with Gasteiger partial charge in [0, 0.05) is 18.3 Å². The normalized spacial score (nSPS) is 14.1. The largest absolute Gasteiger partial charge is 0.348 e. The predicted octanol–water partition coefficient (Wildman–Crippen LogP) is 3.80. The molecule has 3 nitrogen and oxygen atoms in total. The van der Waals surface area contributed by atoms with Gasteiger partial charge in [0.25, 0.3) is 0 Å². The maximum atomic E-state index is 9.45. The van der Waals surface area contributed by atoms with E-state index in [0.717, 1.165) is 29.2 Å². The lowest BCUT2D eigenvalue weighted by atomic mass is 10.1. The number of aromatic nitrogens is 1. The van der Waals surface area contributed by atoms with Gasteiger partial charge < -0.3 is 4.90 Å². The lowest BCUT2D eigenvalue weighted by molar-refractivity contribution is 0.774. The van der Waals surface area contributed by atoms with Crippen LogP contribution in [0.1, 0.15) is 35.2 Å². The third-order valence-corrected chi connectivity index (χ3v) is 4.36. The first-order valence-corrected chi connectivity index (χ1v) is 7.79. The number of nitrogens with zero attached hydrogens (tertiary/aromatic N) is 3. The molecule has 0 aliphatic heterocycles. The van der Waals surface area contributed by atoms with Crippen molar-refractivity contribution in [2.45, 2.75) is 39.3 Å². The number of anilines is 1. The van der Waals surface area contributed by atoms with Crippen molar-refractivity contribution in [2.75, 3.05) is 4.90 Å². The van der Waals surface area contributed by atoms with E-state index in [2.05, 4.69) is 32.8 Å². The van der Waals surface area contributed by atoms with Crippen molar-refractivity contribution in [3.05, 3.63) is 45.3 Å². The van der Waals surface area contributed by atoms with Crippen molar-refractivity contribution < 1.29 is 0 Å². The van der Waals surface area contributed by atoms with Gasteiger partial charge in [0.1, 0.15) is 11.9 Å². The number of thiophene rings is 1. The molecule has 1 fully saturated rings. The third kappa shape index (κ3) is 2.54. The smallest absolute Gasteiger partial charge is 0.147 e. The minimum absolute atomic E-state index is 0.538. The maximum Gasteiger partial charge on any atom is 0.147 e. The van der Waals surface area contributed by atoms with Crippen LogP contribution in [0, 0.1) is 25.2 Å². The number of nitriles is 1. The van der Waals surface area contributed by atoms with Crippen LogP contribution in [-0.4, -0.2) is 11.0 Å². The van der Waals surface area contributed by atoms with Crippen LogP contribution in [0.15, 0.2) is 22.9 Å². The Bertz CT molecular complexity index is 651. The van der Waals surface area contributed by atoms with Crippen LogP contribution in [0.2, 0.25) is 0 Å². The Labute approximate surface area is 123 Å². The van der Waals surface area contributed by atoms with E-state index in [1.54, 1.807) is 11.3 Å². The van der Waals surface area contributed by atoms with Gasteiger partial charge in [-0.15, -0.1) is 0 Å². The number of hydrogen-bond acceptors (Lipinski definition) is 4. The van der Waals surface area contributed by atoms with Crippen LogP contribution in [0.25, 0.3) is 0 Å². The molecule has 1 saturated carbocycles. The molecule has 0 bridgehead atoms. The lowest BCUT2D eigenvalue weighted by Crippen LogP contribution is -2.27. The minimum Gasteiger partial charge on any atom is -0.348 e. The van der Waals surface area contributed by atoms with E-state index in [1.807, 2.05) is 19.9 Å². The molecule has 2 heterocycles. The summed E-state index contributed by atoms with van der Waals surface area (Å²) in [5.41, 5.74) is 4.02. The molecule has 1 aliphatic carbocycles. The number of hydrogen-bond donors (Lipinski definition) is 0. The average molecular weight is 283 g/mol. The molecule has 2 aromatic heterocycles. The third-order valence-electron chi connectivity index (χ3n) is 3.63. The van der Waals surface area contributed by atoms with Gasteiger partial charge in [0.15, 0.2) is 0 Å². The summed E-state index contributed by atoms with van der Waals surface area (Å²) in [5.74, 6) is 0.860. The average Bonchev–Trinajstić information content (AvgIpc) is 3.12. The van der Waals surface area contributed by atoms with E-state index in [4.69, 9.17) is 0 Å². The Kier molecular flexibility index (Phi) is 3.45. The van der Waals surface area contributed by atoms with Gasteiger partial charge in [0.2, 0.25) is 0 Å². The summed E-state index contributed by atoms with van der Waals surface area (Å²) < 4.78 is 0. The Hall–Kier alpha value is -1.86.